The first-order chi connectivity index (χ1) is 9.74. The Morgan fingerprint density at radius 1 is 1.05 bits per heavy atom. The van der Waals surface area contributed by atoms with E-state index in [2.05, 4.69) is 17.6 Å². The zero-order chi connectivity index (χ0) is 14.6. The zero-order valence-corrected chi connectivity index (χ0v) is 12.6. The Balaban J connectivity index is 2.01. The van der Waals surface area contributed by atoms with Crippen molar-refractivity contribution >= 4 is 11.8 Å². The van der Waals surface area contributed by atoms with Crippen molar-refractivity contribution in [1.29, 1.82) is 0 Å². The van der Waals surface area contributed by atoms with Crippen LogP contribution in [-0.2, 0) is 14.3 Å². The van der Waals surface area contributed by atoms with Crippen LogP contribution < -0.4 is 10.6 Å². The van der Waals surface area contributed by atoms with E-state index in [0.29, 0.717) is 13.2 Å². The molecule has 0 aromatic rings. The van der Waals surface area contributed by atoms with Gasteiger partial charge in [-0.25, -0.2) is 0 Å². The summed E-state index contributed by atoms with van der Waals surface area (Å²) in [7, 11) is 0. The van der Waals surface area contributed by atoms with Gasteiger partial charge in [0.15, 0.2) is 0 Å². The molecule has 2 N–H and O–H groups in total. The van der Waals surface area contributed by atoms with Crippen LogP contribution in [0.25, 0.3) is 0 Å². The predicted octanol–water partition coefficient (Wildman–Crippen LogP) is 1.76. The van der Waals surface area contributed by atoms with Crippen LogP contribution in [0.1, 0.15) is 58.3 Å². The molecular weight excluding hydrogens is 256 g/mol. The second-order valence-electron chi connectivity index (χ2n) is 5.38. The molecule has 0 atom stereocenters. The summed E-state index contributed by atoms with van der Waals surface area (Å²) in [6, 6.07) is 0.180. The largest absolute Gasteiger partial charge is 0.381 e. The van der Waals surface area contributed by atoms with Gasteiger partial charge in [-0.2, -0.15) is 0 Å². The minimum absolute atomic E-state index is 0.180. The number of nitrogens with one attached hydrogen (secondary N) is 2. The summed E-state index contributed by atoms with van der Waals surface area (Å²) in [5.74, 6) is -1.02. The fraction of sp³-hybridized carbons (Fsp3) is 0.867. The topological polar surface area (TPSA) is 67.4 Å². The van der Waals surface area contributed by atoms with E-state index in [1.54, 1.807) is 0 Å². The number of rotatable bonds is 8. The van der Waals surface area contributed by atoms with Gasteiger partial charge in [0, 0.05) is 25.8 Å². The number of hydrogen-bond acceptors (Lipinski definition) is 3. The molecule has 1 rings (SSSR count). The molecule has 5 nitrogen and oxygen atoms in total. The predicted molar refractivity (Wildman–Crippen MR) is 78.4 cm³/mol. The molecule has 116 valence electrons. The van der Waals surface area contributed by atoms with E-state index in [4.69, 9.17) is 4.74 Å². The Hall–Kier alpha value is -1.10. The molecule has 0 unspecified atom stereocenters. The van der Waals surface area contributed by atoms with Crippen molar-refractivity contribution in [1.82, 2.24) is 10.6 Å². The normalized spacial score (nSPS) is 15.8. The molecule has 0 aromatic heterocycles. The van der Waals surface area contributed by atoms with Crippen LogP contribution in [0.3, 0.4) is 0 Å². The monoisotopic (exact) mass is 284 g/mol. The summed E-state index contributed by atoms with van der Waals surface area (Å²) < 4.78 is 5.39. The molecule has 1 aliphatic rings. The number of carbonyl (C=O) groups is 2. The zero-order valence-electron chi connectivity index (χ0n) is 12.6. The first-order valence-corrected chi connectivity index (χ1v) is 7.90. The molecule has 2 amide bonds. The molecule has 1 fully saturated rings. The minimum atomic E-state index is -0.524. The van der Waals surface area contributed by atoms with Crippen molar-refractivity contribution in [3.8, 4) is 0 Å². The van der Waals surface area contributed by atoms with Gasteiger partial charge in [-0.15, -0.1) is 0 Å². The van der Waals surface area contributed by atoms with Gasteiger partial charge in [0.05, 0.1) is 0 Å². The van der Waals surface area contributed by atoms with Gasteiger partial charge in [-0.3, -0.25) is 9.59 Å². The van der Waals surface area contributed by atoms with Crippen LogP contribution >= 0.6 is 0 Å². The Kier molecular flexibility index (Phi) is 9.04. The SMILES string of the molecule is CCCCOCCCNC(=O)C(=O)NC1CCCCC1. The molecule has 0 aromatic carbocycles. The van der Waals surface area contributed by atoms with Gasteiger partial charge in [0.1, 0.15) is 0 Å². The van der Waals surface area contributed by atoms with Crippen molar-refractivity contribution in [3.05, 3.63) is 0 Å². The smallest absolute Gasteiger partial charge is 0.309 e. The highest BCUT2D eigenvalue weighted by Gasteiger charge is 2.19. The molecular formula is C15H28N2O3. The van der Waals surface area contributed by atoms with Crippen molar-refractivity contribution in [3.63, 3.8) is 0 Å². The second-order valence-corrected chi connectivity index (χ2v) is 5.38. The maximum atomic E-state index is 11.7. The number of hydrogen-bond donors (Lipinski definition) is 2. The second kappa shape index (κ2) is 10.7. The van der Waals surface area contributed by atoms with Gasteiger partial charge in [0.2, 0.25) is 0 Å². The van der Waals surface area contributed by atoms with E-state index in [1.807, 2.05) is 0 Å². The van der Waals surface area contributed by atoms with Gasteiger partial charge in [-0.1, -0.05) is 32.6 Å². The first-order valence-electron chi connectivity index (χ1n) is 7.90. The summed E-state index contributed by atoms with van der Waals surface area (Å²) in [5, 5.41) is 5.44. The quantitative estimate of drug-likeness (QED) is 0.527. The van der Waals surface area contributed by atoms with Crippen LogP contribution in [0.15, 0.2) is 0 Å². The number of unbranched alkanes of at least 4 members (excludes halogenated alkanes) is 1. The highest BCUT2D eigenvalue weighted by Crippen LogP contribution is 2.17. The van der Waals surface area contributed by atoms with Crippen LogP contribution in [0.4, 0.5) is 0 Å². The molecule has 0 spiro atoms. The Morgan fingerprint density at radius 3 is 2.45 bits per heavy atom. The highest BCUT2D eigenvalue weighted by atomic mass is 16.5. The number of amides is 2. The molecule has 0 radical (unpaired) electrons. The first kappa shape index (κ1) is 17.0. The van der Waals surface area contributed by atoms with Gasteiger partial charge >= 0.3 is 11.8 Å². The number of carbonyl (C=O) groups excluding carboxylic acids is 2. The molecule has 0 heterocycles. The molecule has 20 heavy (non-hydrogen) atoms. The summed E-state index contributed by atoms with van der Waals surface area (Å²) >= 11 is 0. The lowest BCUT2D eigenvalue weighted by atomic mass is 9.95. The van der Waals surface area contributed by atoms with Crippen molar-refractivity contribution in [2.75, 3.05) is 19.8 Å². The lowest BCUT2D eigenvalue weighted by Crippen LogP contribution is -2.45. The third-order valence-corrected chi connectivity index (χ3v) is 3.54. The van der Waals surface area contributed by atoms with Crippen LogP contribution in [0.5, 0.6) is 0 Å². The summed E-state index contributed by atoms with van der Waals surface area (Å²) in [6.07, 6.45) is 8.43. The Bertz CT molecular complexity index is 289. The van der Waals surface area contributed by atoms with E-state index < -0.39 is 11.8 Å². The maximum Gasteiger partial charge on any atom is 0.309 e. The van der Waals surface area contributed by atoms with Gasteiger partial charge < -0.3 is 15.4 Å². The number of ether oxygens (including phenoxy) is 1. The lowest BCUT2D eigenvalue weighted by molar-refractivity contribution is -0.139. The van der Waals surface area contributed by atoms with Crippen molar-refractivity contribution < 1.29 is 14.3 Å². The van der Waals surface area contributed by atoms with Gasteiger partial charge in [-0.05, 0) is 25.7 Å². The third kappa shape index (κ3) is 7.48. The fourth-order valence-corrected chi connectivity index (χ4v) is 2.30. The van der Waals surface area contributed by atoms with E-state index in [1.165, 1.54) is 6.42 Å². The van der Waals surface area contributed by atoms with E-state index in [0.717, 1.165) is 51.6 Å². The Morgan fingerprint density at radius 2 is 1.75 bits per heavy atom. The molecule has 0 aliphatic heterocycles. The molecule has 0 saturated heterocycles. The molecule has 1 saturated carbocycles. The summed E-state index contributed by atoms with van der Waals surface area (Å²) in [4.78, 5) is 23.2. The molecule has 0 bridgehead atoms. The maximum absolute atomic E-state index is 11.7. The Labute approximate surface area is 121 Å². The standard InChI is InChI=1S/C15H28N2O3/c1-2-3-11-20-12-7-10-16-14(18)15(19)17-13-8-5-4-6-9-13/h13H,2-12H2,1H3,(H,16,18)(H,17,19). The van der Waals surface area contributed by atoms with E-state index >= 15 is 0 Å². The summed E-state index contributed by atoms with van der Waals surface area (Å²) in [5.41, 5.74) is 0. The van der Waals surface area contributed by atoms with Crippen LogP contribution in [0.2, 0.25) is 0 Å². The minimum Gasteiger partial charge on any atom is -0.381 e. The average molecular weight is 284 g/mol. The molecule has 1 aliphatic carbocycles. The van der Waals surface area contributed by atoms with Crippen molar-refractivity contribution in [2.45, 2.75) is 64.3 Å². The van der Waals surface area contributed by atoms with E-state index in [-0.39, 0.29) is 6.04 Å². The average Bonchev–Trinajstić information content (AvgIpc) is 2.47. The van der Waals surface area contributed by atoms with Crippen molar-refractivity contribution in [2.24, 2.45) is 0 Å². The van der Waals surface area contributed by atoms with Gasteiger partial charge in [0.25, 0.3) is 0 Å². The van der Waals surface area contributed by atoms with E-state index in [9.17, 15) is 9.59 Å². The lowest BCUT2D eigenvalue weighted by Gasteiger charge is -2.22. The summed E-state index contributed by atoms with van der Waals surface area (Å²) in [6.45, 7) is 4.01. The third-order valence-electron chi connectivity index (χ3n) is 3.54. The molecule has 5 heteroatoms. The fourth-order valence-electron chi connectivity index (χ4n) is 2.30. The highest BCUT2D eigenvalue weighted by molar-refractivity contribution is 6.35. The van der Waals surface area contributed by atoms with Crippen LogP contribution in [0, 0.1) is 0 Å². The van der Waals surface area contributed by atoms with Crippen LogP contribution in [-0.4, -0.2) is 37.6 Å².